The van der Waals surface area contributed by atoms with Gasteiger partial charge in [-0.05, 0) is 35.7 Å². The molecule has 2 heterocycles. The Bertz CT molecular complexity index is 1140. The van der Waals surface area contributed by atoms with Crippen molar-refractivity contribution in [2.75, 3.05) is 5.32 Å². The van der Waals surface area contributed by atoms with Crippen molar-refractivity contribution in [1.29, 1.82) is 0 Å². The molecule has 4 rings (SSSR count). The molecule has 1 amide bonds. The largest absolute Gasteiger partial charge is 0.382 e. The van der Waals surface area contributed by atoms with Crippen molar-refractivity contribution in [3.8, 4) is 0 Å². The van der Waals surface area contributed by atoms with Gasteiger partial charge >= 0.3 is 0 Å². The van der Waals surface area contributed by atoms with E-state index in [1.165, 1.54) is 22.8 Å². The van der Waals surface area contributed by atoms with Crippen LogP contribution in [0, 0.1) is 5.82 Å². The van der Waals surface area contributed by atoms with Gasteiger partial charge in [0.25, 0.3) is 11.5 Å². The zero-order chi connectivity index (χ0) is 19.0. The molecule has 0 spiro atoms. The molecule has 1 atom stereocenters. The van der Waals surface area contributed by atoms with Crippen LogP contribution in [0.5, 0.6) is 0 Å². The van der Waals surface area contributed by atoms with Gasteiger partial charge in [0, 0.05) is 30.8 Å². The lowest BCUT2D eigenvalue weighted by Crippen LogP contribution is -2.28. The van der Waals surface area contributed by atoms with Crippen molar-refractivity contribution in [1.82, 2.24) is 4.57 Å². The van der Waals surface area contributed by atoms with E-state index in [0.717, 1.165) is 5.39 Å². The molecule has 0 bridgehead atoms. The molecule has 0 fully saturated rings. The predicted molar refractivity (Wildman–Crippen MR) is 100 cm³/mol. The summed E-state index contributed by atoms with van der Waals surface area (Å²) in [5.41, 5.74) is 2.25. The molecule has 0 radical (unpaired) electrons. The zero-order valence-corrected chi connectivity index (χ0v) is 14.5. The van der Waals surface area contributed by atoms with Gasteiger partial charge in [0.05, 0.1) is 11.2 Å². The van der Waals surface area contributed by atoms with Gasteiger partial charge in [0.1, 0.15) is 5.82 Å². The Hall–Kier alpha value is -3.48. The van der Waals surface area contributed by atoms with Crippen LogP contribution in [0.4, 0.5) is 10.1 Å². The summed E-state index contributed by atoms with van der Waals surface area (Å²) in [6, 6.07) is 14.6. The van der Waals surface area contributed by atoms with Crippen LogP contribution in [-0.4, -0.2) is 22.3 Å². The number of oxime groups is 1. The minimum atomic E-state index is -0.793. The van der Waals surface area contributed by atoms with E-state index in [4.69, 9.17) is 4.84 Å². The number of aryl methyl sites for hydroxylation is 1. The number of carbonyl (C=O) groups excluding carboxylic acids is 1. The third-order valence-corrected chi connectivity index (χ3v) is 4.51. The lowest BCUT2D eigenvalue weighted by molar-refractivity contribution is -0.125. The molecule has 136 valence electrons. The molecule has 27 heavy (non-hydrogen) atoms. The minimum absolute atomic E-state index is 0.127. The van der Waals surface area contributed by atoms with Crippen molar-refractivity contribution in [3.05, 3.63) is 76.3 Å². The monoisotopic (exact) mass is 365 g/mol. The smallest absolute Gasteiger partial charge is 0.268 e. The van der Waals surface area contributed by atoms with Gasteiger partial charge in [-0.15, -0.1) is 0 Å². The van der Waals surface area contributed by atoms with E-state index in [9.17, 15) is 14.0 Å². The van der Waals surface area contributed by atoms with E-state index < -0.39 is 6.10 Å². The molecule has 1 aliphatic rings. The first kappa shape index (κ1) is 17.0. The summed E-state index contributed by atoms with van der Waals surface area (Å²) in [5.74, 6) is -0.727. The van der Waals surface area contributed by atoms with Crippen LogP contribution in [0.25, 0.3) is 10.9 Å². The standard InChI is InChI=1S/C20H16FN3O3/c1-24-17-10-15(7-5-12(17)6-8-19(24)25)22-20(26)18-11-16(23-27-18)13-3-2-4-14(21)9-13/h2-10,18H,11H2,1H3,(H,22,26). The number of pyridine rings is 1. The van der Waals surface area contributed by atoms with E-state index in [1.54, 1.807) is 37.4 Å². The van der Waals surface area contributed by atoms with Gasteiger partial charge in [-0.1, -0.05) is 23.4 Å². The molecular weight excluding hydrogens is 349 g/mol. The van der Waals surface area contributed by atoms with Crippen molar-refractivity contribution in [2.24, 2.45) is 12.2 Å². The summed E-state index contributed by atoms with van der Waals surface area (Å²) >= 11 is 0. The SMILES string of the molecule is Cn1c(=O)ccc2ccc(NC(=O)C3CC(c4cccc(F)c4)=NO3)cc21. The van der Waals surface area contributed by atoms with Gasteiger partial charge in [0.15, 0.2) is 0 Å². The minimum Gasteiger partial charge on any atom is -0.382 e. The highest BCUT2D eigenvalue weighted by atomic mass is 19.1. The number of hydrogen-bond donors (Lipinski definition) is 1. The summed E-state index contributed by atoms with van der Waals surface area (Å²) in [4.78, 5) is 29.5. The maximum Gasteiger partial charge on any atom is 0.268 e. The maximum absolute atomic E-state index is 13.4. The number of nitrogens with zero attached hydrogens (tertiary/aromatic N) is 2. The van der Waals surface area contributed by atoms with E-state index >= 15 is 0 Å². The molecular formula is C20H16FN3O3. The van der Waals surface area contributed by atoms with Crippen LogP contribution in [0.2, 0.25) is 0 Å². The number of anilines is 1. The van der Waals surface area contributed by atoms with Crippen LogP contribution in [0.1, 0.15) is 12.0 Å². The third kappa shape index (κ3) is 3.31. The van der Waals surface area contributed by atoms with Crippen LogP contribution in [-0.2, 0) is 16.7 Å². The van der Waals surface area contributed by atoms with Crippen molar-refractivity contribution in [2.45, 2.75) is 12.5 Å². The predicted octanol–water partition coefficient (Wildman–Crippen LogP) is 2.81. The molecule has 1 unspecified atom stereocenters. The van der Waals surface area contributed by atoms with Gasteiger partial charge in [-0.25, -0.2) is 4.39 Å². The Balaban J connectivity index is 1.49. The lowest BCUT2D eigenvalue weighted by atomic mass is 10.0. The Labute approximate surface area is 153 Å². The van der Waals surface area contributed by atoms with E-state index in [1.807, 2.05) is 6.07 Å². The molecule has 1 N–H and O–H groups in total. The number of hydrogen-bond acceptors (Lipinski definition) is 4. The molecule has 1 aromatic heterocycles. The Morgan fingerprint density at radius 3 is 2.85 bits per heavy atom. The number of amides is 1. The number of carbonyl (C=O) groups is 1. The quantitative estimate of drug-likeness (QED) is 0.776. The number of nitrogens with one attached hydrogen (secondary N) is 1. The number of rotatable bonds is 3. The number of fused-ring (bicyclic) bond motifs is 1. The van der Waals surface area contributed by atoms with Crippen LogP contribution in [0.15, 0.2) is 64.5 Å². The topological polar surface area (TPSA) is 72.7 Å². The normalized spacial score (nSPS) is 16.1. The first-order valence-electron chi connectivity index (χ1n) is 8.40. The first-order valence-corrected chi connectivity index (χ1v) is 8.40. The van der Waals surface area contributed by atoms with Gasteiger partial charge in [0.2, 0.25) is 6.10 Å². The zero-order valence-electron chi connectivity index (χ0n) is 14.5. The van der Waals surface area contributed by atoms with Gasteiger partial charge in [-0.3, -0.25) is 9.59 Å². The molecule has 0 saturated carbocycles. The second-order valence-electron chi connectivity index (χ2n) is 6.34. The van der Waals surface area contributed by atoms with Crippen LogP contribution in [0.3, 0.4) is 0 Å². The van der Waals surface area contributed by atoms with E-state index in [0.29, 0.717) is 22.5 Å². The number of halogens is 1. The molecule has 2 aromatic carbocycles. The van der Waals surface area contributed by atoms with E-state index in [2.05, 4.69) is 10.5 Å². The summed E-state index contributed by atoms with van der Waals surface area (Å²) in [6.07, 6.45) is -0.542. The number of aromatic nitrogens is 1. The maximum atomic E-state index is 13.4. The Morgan fingerprint density at radius 1 is 1.22 bits per heavy atom. The molecule has 1 aliphatic heterocycles. The average molecular weight is 365 g/mol. The first-order chi connectivity index (χ1) is 13.0. The summed E-state index contributed by atoms with van der Waals surface area (Å²) in [6.45, 7) is 0. The molecule has 6 nitrogen and oxygen atoms in total. The fourth-order valence-electron chi connectivity index (χ4n) is 3.02. The molecule has 3 aromatic rings. The molecule has 7 heteroatoms. The average Bonchev–Trinajstić information content (AvgIpc) is 3.16. The second kappa shape index (κ2) is 6.68. The fourth-order valence-corrected chi connectivity index (χ4v) is 3.02. The van der Waals surface area contributed by atoms with E-state index in [-0.39, 0.29) is 23.7 Å². The van der Waals surface area contributed by atoms with Crippen molar-refractivity contribution >= 4 is 28.2 Å². The molecule has 0 aliphatic carbocycles. The Kier molecular flexibility index (Phi) is 4.19. The summed E-state index contributed by atoms with van der Waals surface area (Å²) in [7, 11) is 1.68. The molecule has 0 saturated heterocycles. The fraction of sp³-hybridized carbons (Fsp3) is 0.150. The highest BCUT2D eigenvalue weighted by Gasteiger charge is 2.29. The van der Waals surface area contributed by atoms with Crippen molar-refractivity contribution < 1.29 is 14.0 Å². The summed E-state index contributed by atoms with van der Waals surface area (Å²) in [5, 5.41) is 7.58. The second-order valence-corrected chi connectivity index (χ2v) is 6.34. The van der Waals surface area contributed by atoms with Crippen LogP contribution < -0.4 is 10.9 Å². The number of benzene rings is 2. The lowest BCUT2D eigenvalue weighted by Gasteiger charge is -2.11. The van der Waals surface area contributed by atoms with Crippen LogP contribution >= 0.6 is 0 Å². The highest BCUT2D eigenvalue weighted by Crippen LogP contribution is 2.21. The van der Waals surface area contributed by atoms with Gasteiger partial charge < -0.3 is 14.7 Å². The highest BCUT2D eigenvalue weighted by molar-refractivity contribution is 6.06. The Morgan fingerprint density at radius 2 is 2.04 bits per heavy atom. The van der Waals surface area contributed by atoms with Gasteiger partial charge in [-0.2, -0.15) is 0 Å². The van der Waals surface area contributed by atoms with Crippen molar-refractivity contribution in [3.63, 3.8) is 0 Å². The third-order valence-electron chi connectivity index (χ3n) is 4.51. The summed E-state index contributed by atoms with van der Waals surface area (Å²) < 4.78 is 14.9.